The Labute approximate surface area is 157 Å². The third-order valence-corrected chi connectivity index (χ3v) is 4.45. The Morgan fingerprint density at radius 3 is 1.54 bits per heavy atom. The Kier molecular flexibility index (Phi) is 12.3. The molecule has 0 radical (unpaired) electrons. The Hall–Kier alpha value is -1.14. The van der Waals surface area contributed by atoms with E-state index in [1.165, 1.54) is 44.9 Å². The molecule has 1 fully saturated rings. The van der Waals surface area contributed by atoms with Gasteiger partial charge < -0.3 is 18.9 Å². The molecule has 0 aliphatic carbocycles. The van der Waals surface area contributed by atoms with E-state index in [0.717, 1.165) is 12.8 Å². The highest BCUT2D eigenvalue weighted by Crippen LogP contribution is 2.25. The van der Waals surface area contributed by atoms with Gasteiger partial charge in [-0.05, 0) is 26.7 Å². The summed E-state index contributed by atoms with van der Waals surface area (Å²) in [5.41, 5.74) is 0. The maximum atomic E-state index is 12.0. The second-order valence-corrected chi connectivity index (χ2v) is 6.66. The van der Waals surface area contributed by atoms with Crippen LogP contribution in [0.1, 0.15) is 85.0 Å². The molecule has 152 valence electrons. The molecule has 1 heterocycles. The molecular formula is C20H36O6. The van der Waals surface area contributed by atoms with E-state index in [0.29, 0.717) is 6.42 Å². The van der Waals surface area contributed by atoms with Crippen LogP contribution in [-0.4, -0.2) is 43.7 Å². The minimum atomic E-state index is -1.03. The molecule has 0 aromatic carbocycles. The van der Waals surface area contributed by atoms with Crippen molar-refractivity contribution >= 4 is 11.9 Å². The minimum absolute atomic E-state index is 0.233. The van der Waals surface area contributed by atoms with Crippen molar-refractivity contribution in [1.82, 2.24) is 0 Å². The molecule has 0 bridgehead atoms. The number of hydrogen-bond acceptors (Lipinski definition) is 6. The highest BCUT2D eigenvalue weighted by Gasteiger charge is 2.46. The fraction of sp³-hybridized carbons (Fsp3) is 0.900. The van der Waals surface area contributed by atoms with Gasteiger partial charge in [0.25, 0.3) is 0 Å². The maximum Gasteiger partial charge on any atom is 0.338 e. The summed E-state index contributed by atoms with van der Waals surface area (Å²) in [6.07, 6.45) is 9.13. The van der Waals surface area contributed by atoms with E-state index in [1.807, 2.05) is 0 Å². The standard InChI is InChI=1S/C20H36O6/c1-4-7-8-9-10-11-12-13-14-15-16-25-17(19(21)23-5-2)18(26-16)20(22)24-6-3/h16-18H,4-15H2,1-3H3/t17-,18-/m1/s1. The zero-order valence-corrected chi connectivity index (χ0v) is 16.7. The van der Waals surface area contributed by atoms with Crippen molar-refractivity contribution < 1.29 is 28.5 Å². The molecule has 1 aliphatic rings. The lowest BCUT2D eigenvalue weighted by molar-refractivity contribution is -0.163. The minimum Gasteiger partial charge on any atom is -0.464 e. The van der Waals surface area contributed by atoms with Crippen LogP contribution in [0.5, 0.6) is 0 Å². The normalized spacial score (nSPS) is 20.3. The summed E-state index contributed by atoms with van der Waals surface area (Å²) in [6, 6.07) is 0. The number of unbranched alkanes of at least 4 members (excludes halogenated alkanes) is 8. The van der Waals surface area contributed by atoms with Crippen molar-refractivity contribution in [2.45, 2.75) is 103 Å². The Bertz CT molecular complexity index is 372. The fourth-order valence-electron chi connectivity index (χ4n) is 3.07. The summed E-state index contributed by atoms with van der Waals surface area (Å²) >= 11 is 0. The summed E-state index contributed by atoms with van der Waals surface area (Å²) in [7, 11) is 0. The first kappa shape index (κ1) is 22.9. The summed E-state index contributed by atoms with van der Waals surface area (Å²) in [5, 5.41) is 0. The van der Waals surface area contributed by atoms with E-state index < -0.39 is 30.4 Å². The lowest BCUT2D eigenvalue weighted by Crippen LogP contribution is -2.39. The number of carbonyl (C=O) groups excluding carboxylic acids is 2. The monoisotopic (exact) mass is 372 g/mol. The smallest absolute Gasteiger partial charge is 0.338 e. The lowest BCUT2D eigenvalue weighted by Gasteiger charge is -2.13. The predicted octanol–water partition coefficient (Wildman–Crippen LogP) is 4.14. The molecule has 2 atom stereocenters. The maximum absolute atomic E-state index is 12.0. The molecule has 0 unspecified atom stereocenters. The van der Waals surface area contributed by atoms with Crippen molar-refractivity contribution in [3.63, 3.8) is 0 Å². The van der Waals surface area contributed by atoms with Gasteiger partial charge in [0.15, 0.2) is 18.5 Å². The zero-order valence-electron chi connectivity index (χ0n) is 16.7. The largest absolute Gasteiger partial charge is 0.464 e. The van der Waals surface area contributed by atoms with Crippen LogP contribution in [0, 0.1) is 0 Å². The van der Waals surface area contributed by atoms with Crippen LogP contribution in [0.3, 0.4) is 0 Å². The zero-order chi connectivity index (χ0) is 19.2. The van der Waals surface area contributed by atoms with Gasteiger partial charge in [-0.15, -0.1) is 0 Å². The molecule has 26 heavy (non-hydrogen) atoms. The number of esters is 2. The highest BCUT2D eigenvalue weighted by molar-refractivity contribution is 5.86. The van der Waals surface area contributed by atoms with Crippen LogP contribution in [-0.2, 0) is 28.5 Å². The van der Waals surface area contributed by atoms with E-state index in [1.54, 1.807) is 13.8 Å². The molecule has 0 amide bonds. The molecule has 0 aromatic heterocycles. The van der Waals surface area contributed by atoms with Gasteiger partial charge in [0.05, 0.1) is 13.2 Å². The van der Waals surface area contributed by atoms with Gasteiger partial charge in [-0.2, -0.15) is 0 Å². The van der Waals surface area contributed by atoms with Crippen LogP contribution in [0.15, 0.2) is 0 Å². The second-order valence-electron chi connectivity index (χ2n) is 6.66. The summed E-state index contributed by atoms with van der Waals surface area (Å²) < 4.78 is 21.2. The van der Waals surface area contributed by atoms with Gasteiger partial charge in [-0.3, -0.25) is 0 Å². The number of carbonyl (C=O) groups is 2. The van der Waals surface area contributed by atoms with Crippen LogP contribution in [0.4, 0.5) is 0 Å². The van der Waals surface area contributed by atoms with Gasteiger partial charge in [0, 0.05) is 0 Å². The molecule has 1 aliphatic heterocycles. The van der Waals surface area contributed by atoms with Crippen molar-refractivity contribution in [3.8, 4) is 0 Å². The summed E-state index contributed by atoms with van der Waals surface area (Å²) in [6.45, 7) is 6.13. The summed E-state index contributed by atoms with van der Waals surface area (Å²) in [4.78, 5) is 24.0. The number of ether oxygens (including phenoxy) is 4. The van der Waals surface area contributed by atoms with Crippen molar-refractivity contribution in [2.75, 3.05) is 13.2 Å². The Balaban J connectivity index is 2.28. The van der Waals surface area contributed by atoms with Gasteiger partial charge in [-0.1, -0.05) is 58.3 Å². The lowest BCUT2D eigenvalue weighted by atomic mass is 10.1. The molecule has 0 saturated carbocycles. The third kappa shape index (κ3) is 8.49. The van der Waals surface area contributed by atoms with Crippen LogP contribution < -0.4 is 0 Å². The van der Waals surface area contributed by atoms with Crippen LogP contribution >= 0.6 is 0 Å². The van der Waals surface area contributed by atoms with Gasteiger partial charge in [0.1, 0.15) is 0 Å². The fourth-order valence-corrected chi connectivity index (χ4v) is 3.07. The molecule has 1 rings (SSSR count). The average Bonchev–Trinajstić information content (AvgIpc) is 3.05. The topological polar surface area (TPSA) is 71.1 Å². The van der Waals surface area contributed by atoms with E-state index in [9.17, 15) is 9.59 Å². The van der Waals surface area contributed by atoms with Gasteiger partial charge in [0.2, 0.25) is 0 Å². The van der Waals surface area contributed by atoms with E-state index >= 15 is 0 Å². The van der Waals surface area contributed by atoms with E-state index in [4.69, 9.17) is 18.9 Å². The third-order valence-electron chi connectivity index (χ3n) is 4.45. The Morgan fingerprint density at radius 1 is 0.692 bits per heavy atom. The van der Waals surface area contributed by atoms with Crippen LogP contribution in [0.2, 0.25) is 0 Å². The molecule has 6 nitrogen and oxygen atoms in total. The summed E-state index contributed by atoms with van der Waals surface area (Å²) in [5.74, 6) is -1.14. The number of hydrogen-bond donors (Lipinski definition) is 0. The quantitative estimate of drug-likeness (QED) is 0.337. The van der Waals surface area contributed by atoms with Crippen LogP contribution in [0.25, 0.3) is 0 Å². The molecular weight excluding hydrogens is 336 g/mol. The van der Waals surface area contributed by atoms with Gasteiger partial charge in [-0.25, -0.2) is 9.59 Å². The second kappa shape index (κ2) is 14.0. The SMILES string of the molecule is CCCCCCCCCCCC1O[C@@H](C(=O)OCC)[C@H](C(=O)OCC)O1. The Morgan fingerprint density at radius 2 is 1.12 bits per heavy atom. The first-order valence-corrected chi connectivity index (χ1v) is 10.3. The average molecular weight is 373 g/mol. The molecule has 0 aromatic rings. The number of rotatable bonds is 14. The molecule has 0 spiro atoms. The predicted molar refractivity (Wildman–Crippen MR) is 98.6 cm³/mol. The first-order valence-electron chi connectivity index (χ1n) is 10.3. The van der Waals surface area contributed by atoms with E-state index in [-0.39, 0.29) is 13.2 Å². The van der Waals surface area contributed by atoms with Gasteiger partial charge >= 0.3 is 11.9 Å². The van der Waals surface area contributed by atoms with Crippen molar-refractivity contribution in [1.29, 1.82) is 0 Å². The first-order chi connectivity index (χ1) is 12.6. The molecule has 1 saturated heterocycles. The van der Waals surface area contributed by atoms with Crippen molar-refractivity contribution in [3.05, 3.63) is 0 Å². The molecule has 6 heteroatoms. The highest BCUT2D eigenvalue weighted by atomic mass is 16.8. The van der Waals surface area contributed by atoms with E-state index in [2.05, 4.69) is 6.92 Å². The van der Waals surface area contributed by atoms with Crippen molar-refractivity contribution in [2.24, 2.45) is 0 Å². The molecule has 0 N–H and O–H groups in total.